The molecule has 0 aliphatic heterocycles. The van der Waals surface area contributed by atoms with E-state index < -0.39 is 8.07 Å². The van der Waals surface area contributed by atoms with Crippen LogP contribution in [0.25, 0.3) is 0 Å². The summed E-state index contributed by atoms with van der Waals surface area (Å²) in [6.45, 7) is 11.2. The molecule has 1 nitrogen and oxygen atoms in total. The Kier molecular flexibility index (Phi) is 4.76. The molecule has 2 heteroatoms. The predicted octanol–water partition coefficient (Wildman–Crippen LogP) is 3.33. The molecule has 0 saturated heterocycles. The van der Waals surface area contributed by atoms with Gasteiger partial charge in [-0.1, -0.05) is 39.5 Å². The van der Waals surface area contributed by atoms with Crippen LogP contribution in [0.1, 0.15) is 26.7 Å². The number of hydrogen-bond acceptors (Lipinski definition) is 1. The fourth-order valence-corrected chi connectivity index (χ4v) is 2.10. The van der Waals surface area contributed by atoms with E-state index in [1.54, 1.807) is 0 Å². The zero-order valence-corrected chi connectivity index (χ0v) is 10.1. The minimum Gasteiger partial charge on any atom is -0.300 e. The van der Waals surface area contributed by atoms with E-state index in [9.17, 15) is 4.79 Å². The van der Waals surface area contributed by atoms with Gasteiger partial charge in [0.05, 0.1) is 0 Å². The molecule has 0 bridgehead atoms. The van der Waals surface area contributed by atoms with E-state index in [0.29, 0.717) is 11.7 Å². The molecular formula is C10H22OSi. The van der Waals surface area contributed by atoms with Crippen molar-refractivity contribution in [2.24, 2.45) is 5.92 Å². The van der Waals surface area contributed by atoms with E-state index in [2.05, 4.69) is 33.5 Å². The second-order valence-electron chi connectivity index (χ2n) is 5.20. The van der Waals surface area contributed by atoms with E-state index in [0.717, 1.165) is 18.9 Å². The highest BCUT2D eigenvalue weighted by atomic mass is 28.3. The molecule has 0 N–H and O–H groups in total. The van der Waals surface area contributed by atoms with Gasteiger partial charge in [0, 0.05) is 20.9 Å². The van der Waals surface area contributed by atoms with Crippen molar-refractivity contribution in [3.63, 3.8) is 0 Å². The van der Waals surface area contributed by atoms with Crippen molar-refractivity contribution in [2.75, 3.05) is 0 Å². The highest BCUT2D eigenvalue weighted by Crippen LogP contribution is 2.13. The second kappa shape index (κ2) is 4.80. The van der Waals surface area contributed by atoms with Crippen molar-refractivity contribution in [1.29, 1.82) is 0 Å². The normalized spacial score (nSPS) is 12.2. The molecule has 0 rings (SSSR count). The molecule has 0 heterocycles. The van der Waals surface area contributed by atoms with E-state index in [1.807, 2.05) is 0 Å². The number of Topliss-reactive ketones (excluding diaryl/α,β-unsaturated/α-hetero) is 1. The summed E-state index contributed by atoms with van der Waals surface area (Å²) >= 11 is 0. The highest BCUT2D eigenvalue weighted by Gasteiger charge is 2.15. The minimum absolute atomic E-state index is 0.451. The van der Waals surface area contributed by atoms with Crippen LogP contribution in [0.2, 0.25) is 25.7 Å². The molecule has 0 aliphatic rings. The molecule has 0 amide bonds. The first-order chi connectivity index (χ1) is 5.31. The van der Waals surface area contributed by atoms with Crippen molar-refractivity contribution < 1.29 is 4.79 Å². The van der Waals surface area contributed by atoms with Gasteiger partial charge in [-0.05, 0) is 5.92 Å². The molecule has 0 aliphatic carbocycles. The summed E-state index contributed by atoms with van der Waals surface area (Å²) < 4.78 is 0. The van der Waals surface area contributed by atoms with Crippen LogP contribution < -0.4 is 0 Å². The molecule has 72 valence electrons. The number of rotatable bonds is 5. The maximum Gasteiger partial charge on any atom is 0.132 e. The molecule has 0 unspecified atom stereocenters. The maximum atomic E-state index is 11.3. The Bertz CT molecular complexity index is 144. The average Bonchev–Trinajstić information content (AvgIpc) is 1.80. The van der Waals surface area contributed by atoms with Crippen molar-refractivity contribution >= 4 is 13.9 Å². The lowest BCUT2D eigenvalue weighted by Crippen LogP contribution is -2.20. The third-order valence-electron chi connectivity index (χ3n) is 1.79. The zero-order valence-electron chi connectivity index (χ0n) is 9.11. The van der Waals surface area contributed by atoms with E-state index in [-0.39, 0.29) is 0 Å². The van der Waals surface area contributed by atoms with Crippen LogP contribution in [-0.4, -0.2) is 13.9 Å². The summed E-state index contributed by atoms with van der Waals surface area (Å²) in [5, 5.41) is 0. The van der Waals surface area contributed by atoms with Gasteiger partial charge in [0.1, 0.15) is 5.78 Å². The van der Waals surface area contributed by atoms with Crippen molar-refractivity contribution in [3.05, 3.63) is 0 Å². The Hall–Kier alpha value is -0.113. The number of carbonyl (C=O) groups is 1. The van der Waals surface area contributed by atoms with E-state index >= 15 is 0 Å². The summed E-state index contributed by atoms with van der Waals surface area (Å²) in [6.07, 6.45) is 1.58. The largest absolute Gasteiger partial charge is 0.300 e. The first kappa shape index (κ1) is 11.9. The van der Waals surface area contributed by atoms with E-state index in [4.69, 9.17) is 0 Å². The Morgan fingerprint density at radius 3 is 2.08 bits per heavy atom. The van der Waals surface area contributed by atoms with Crippen LogP contribution in [0.4, 0.5) is 0 Å². The van der Waals surface area contributed by atoms with Gasteiger partial charge in [0.15, 0.2) is 0 Å². The standard InChI is InChI=1S/C10H22OSi/c1-9(2)8-10(11)6-7-12(3,4)5/h9H,6-8H2,1-5H3. The summed E-state index contributed by atoms with van der Waals surface area (Å²) in [5.74, 6) is 0.978. The molecule has 0 aromatic carbocycles. The Labute approximate surface area is 77.6 Å². The molecule has 12 heavy (non-hydrogen) atoms. The van der Waals surface area contributed by atoms with Crippen LogP contribution in [0.15, 0.2) is 0 Å². The first-order valence-corrected chi connectivity index (χ1v) is 8.53. The molecule has 0 saturated carbocycles. The Balaban J connectivity index is 3.58. The van der Waals surface area contributed by atoms with Crippen molar-refractivity contribution in [2.45, 2.75) is 52.4 Å². The minimum atomic E-state index is -0.992. The van der Waals surface area contributed by atoms with Crippen LogP contribution in [0.5, 0.6) is 0 Å². The van der Waals surface area contributed by atoms with Crippen LogP contribution in [0, 0.1) is 5.92 Å². The molecule has 0 fully saturated rings. The number of carbonyl (C=O) groups excluding carboxylic acids is 1. The van der Waals surface area contributed by atoms with Gasteiger partial charge in [0.25, 0.3) is 0 Å². The predicted molar refractivity (Wildman–Crippen MR) is 57.2 cm³/mol. The van der Waals surface area contributed by atoms with Gasteiger partial charge >= 0.3 is 0 Å². The monoisotopic (exact) mass is 186 g/mol. The van der Waals surface area contributed by atoms with Crippen molar-refractivity contribution in [1.82, 2.24) is 0 Å². The summed E-state index contributed by atoms with van der Waals surface area (Å²) in [7, 11) is -0.992. The Morgan fingerprint density at radius 2 is 1.75 bits per heavy atom. The quantitative estimate of drug-likeness (QED) is 0.602. The summed E-state index contributed by atoms with van der Waals surface area (Å²) in [4.78, 5) is 11.3. The van der Waals surface area contributed by atoms with Crippen LogP contribution >= 0.6 is 0 Å². The van der Waals surface area contributed by atoms with Crippen LogP contribution in [-0.2, 0) is 4.79 Å². The SMILES string of the molecule is CC(C)CC(=O)CC[Si](C)(C)C. The fourth-order valence-electron chi connectivity index (χ4n) is 1.07. The van der Waals surface area contributed by atoms with Gasteiger partial charge in [-0.3, -0.25) is 4.79 Å². The van der Waals surface area contributed by atoms with Gasteiger partial charge in [-0.2, -0.15) is 0 Å². The molecule has 0 spiro atoms. The number of ketones is 1. The average molecular weight is 186 g/mol. The highest BCUT2D eigenvalue weighted by molar-refractivity contribution is 6.76. The Morgan fingerprint density at radius 1 is 1.25 bits per heavy atom. The van der Waals surface area contributed by atoms with E-state index in [1.165, 1.54) is 0 Å². The number of hydrogen-bond donors (Lipinski definition) is 0. The smallest absolute Gasteiger partial charge is 0.132 e. The van der Waals surface area contributed by atoms with Gasteiger partial charge in [0.2, 0.25) is 0 Å². The molecule has 0 radical (unpaired) electrons. The lowest BCUT2D eigenvalue weighted by molar-refractivity contribution is -0.119. The lowest BCUT2D eigenvalue weighted by Gasteiger charge is -2.14. The van der Waals surface area contributed by atoms with Gasteiger partial charge < -0.3 is 0 Å². The topological polar surface area (TPSA) is 17.1 Å². The molecule has 0 aromatic heterocycles. The summed E-state index contributed by atoms with van der Waals surface area (Å²) in [5.41, 5.74) is 0. The van der Waals surface area contributed by atoms with Gasteiger partial charge in [-0.25, -0.2) is 0 Å². The third kappa shape index (κ3) is 7.99. The third-order valence-corrected chi connectivity index (χ3v) is 3.54. The van der Waals surface area contributed by atoms with Gasteiger partial charge in [-0.15, -0.1) is 0 Å². The lowest BCUT2D eigenvalue weighted by atomic mass is 10.1. The molecule has 0 aromatic rings. The first-order valence-electron chi connectivity index (χ1n) is 4.83. The van der Waals surface area contributed by atoms with Crippen molar-refractivity contribution in [3.8, 4) is 0 Å². The summed E-state index contributed by atoms with van der Waals surface area (Å²) in [6, 6.07) is 1.15. The maximum absolute atomic E-state index is 11.3. The second-order valence-corrected chi connectivity index (χ2v) is 10.8. The fraction of sp³-hybridized carbons (Fsp3) is 0.900. The zero-order chi connectivity index (χ0) is 9.78. The molecule has 0 atom stereocenters. The van der Waals surface area contributed by atoms with Crippen LogP contribution in [0.3, 0.4) is 0 Å². The molecular weight excluding hydrogens is 164 g/mol.